The summed E-state index contributed by atoms with van der Waals surface area (Å²) in [6.07, 6.45) is 7.06. The highest BCUT2D eigenvalue weighted by Crippen LogP contribution is 2.45. The van der Waals surface area contributed by atoms with Crippen molar-refractivity contribution in [3.05, 3.63) is 70.8 Å². The first-order valence-corrected chi connectivity index (χ1v) is 12.2. The topological polar surface area (TPSA) is 52.7 Å². The molecule has 1 fully saturated rings. The zero-order valence-corrected chi connectivity index (χ0v) is 18.8. The number of hydrogen-bond acceptors (Lipinski definition) is 3. The molecule has 0 radical (unpaired) electrons. The second-order valence-corrected chi connectivity index (χ2v) is 9.36. The van der Waals surface area contributed by atoms with Crippen molar-refractivity contribution in [2.45, 2.75) is 50.5 Å². The van der Waals surface area contributed by atoms with Crippen LogP contribution in [0.5, 0.6) is 0 Å². The largest absolute Gasteiger partial charge is 0.355 e. The second kappa shape index (κ2) is 9.45. The van der Waals surface area contributed by atoms with Crippen LogP contribution in [0.25, 0.3) is 0 Å². The fourth-order valence-electron chi connectivity index (χ4n) is 5.74. The Bertz CT molecular complexity index is 980. The Balaban J connectivity index is 1.35. The third kappa shape index (κ3) is 4.06. The molecule has 1 saturated heterocycles. The van der Waals surface area contributed by atoms with Crippen molar-refractivity contribution >= 4 is 11.8 Å². The molecule has 2 aromatic rings. The second-order valence-electron chi connectivity index (χ2n) is 9.36. The lowest BCUT2D eigenvalue weighted by atomic mass is 9.76. The molecule has 3 heterocycles. The van der Waals surface area contributed by atoms with Crippen molar-refractivity contribution in [1.29, 1.82) is 0 Å². The van der Waals surface area contributed by atoms with Crippen molar-refractivity contribution in [2.24, 2.45) is 0 Å². The molecule has 0 spiro atoms. The minimum absolute atomic E-state index is 0.0347. The summed E-state index contributed by atoms with van der Waals surface area (Å²) < 4.78 is 0. The molecule has 32 heavy (non-hydrogen) atoms. The van der Waals surface area contributed by atoms with Crippen molar-refractivity contribution < 1.29 is 9.59 Å². The lowest BCUT2D eigenvalue weighted by Crippen LogP contribution is -2.50. The number of likely N-dealkylation sites (tertiary alicyclic amines) is 1. The van der Waals surface area contributed by atoms with Gasteiger partial charge in [-0.3, -0.25) is 9.59 Å². The molecule has 2 atom stereocenters. The van der Waals surface area contributed by atoms with E-state index in [2.05, 4.69) is 22.3 Å². The predicted molar refractivity (Wildman–Crippen MR) is 126 cm³/mol. The smallest absolute Gasteiger partial charge is 0.254 e. The van der Waals surface area contributed by atoms with Crippen LogP contribution in [0.1, 0.15) is 71.1 Å². The van der Waals surface area contributed by atoms with E-state index in [1.165, 1.54) is 44.3 Å². The number of rotatable bonds is 5. The normalized spacial score (nSPS) is 23.0. The number of carbonyl (C=O) groups excluding carboxylic acids is 2. The number of carbonyl (C=O) groups is 2. The number of hydrogen-bond donors (Lipinski definition) is 1. The van der Waals surface area contributed by atoms with E-state index in [1.807, 2.05) is 41.3 Å². The molecule has 2 unspecified atom stereocenters. The number of amides is 2. The molecule has 5 nitrogen and oxygen atoms in total. The zero-order valence-electron chi connectivity index (χ0n) is 18.8. The molecule has 2 aromatic carbocycles. The maximum atomic E-state index is 13.6. The highest BCUT2D eigenvalue weighted by atomic mass is 16.2. The fraction of sp³-hybridized carbons (Fsp3) is 0.481. The van der Waals surface area contributed by atoms with E-state index in [-0.39, 0.29) is 23.8 Å². The Morgan fingerprint density at radius 2 is 1.62 bits per heavy atom. The van der Waals surface area contributed by atoms with E-state index in [0.717, 1.165) is 30.5 Å². The summed E-state index contributed by atoms with van der Waals surface area (Å²) in [6, 6.07) is 15.7. The van der Waals surface area contributed by atoms with Crippen LogP contribution in [0, 0.1) is 0 Å². The lowest BCUT2D eigenvalue weighted by molar-refractivity contribution is -0.124. The Morgan fingerprint density at radius 3 is 2.44 bits per heavy atom. The summed E-state index contributed by atoms with van der Waals surface area (Å²) in [4.78, 5) is 31.3. The Kier molecular flexibility index (Phi) is 6.26. The number of fused-ring (bicyclic) bond motifs is 4. The van der Waals surface area contributed by atoms with E-state index < -0.39 is 0 Å². The third-order valence-electron chi connectivity index (χ3n) is 7.37. The highest BCUT2D eigenvalue weighted by Gasteiger charge is 2.45. The fourth-order valence-corrected chi connectivity index (χ4v) is 5.74. The minimum Gasteiger partial charge on any atom is -0.355 e. The van der Waals surface area contributed by atoms with Gasteiger partial charge in [0.05, 0.1) is 12.0 Å². The van der Waals surface area contributed by atoms with E-state index in [9.17, 15) is 9.59 Å². The van der Waals surface area contributed by atoms with Crippen LogP contribution in [-0.4, -0.2) is 54.3 Å². The Morgan fingerprint density at radius 1 is 0.906 bits per heavy atom. The first-order chi connectivity index (χ1) is 15.7. The van der Waals surface area contributed by atoms with Gasteiger partial charge in [-0.1, -0.05) is 55.3 Å². The SMILES string of the molecule is O=C(NCCCN1CCCCCC1)C1c2ccccc2C(=O)N2CCc3ccccc3C12. The number of nitrogens with zero attached hydrogens (tertiary/aromatic N) is 2. The van der Waals surface area contributed by atoms with Crippen molar-refractivity contribution in [3.63, 3.8) is 0 Å². The molecule has 0 aliphatic carbocycles. The van der Waals surface area contributed by atoms with Gasteiger partial charge >= 0.3 is 0 Å². The van der Waals surface area contributed by atoms with Gasteiger partial charge in [-0.2, -0.15) is 0 Å². The average molecular weight is 432 g/mol. The molecule has 3 aliphatic heterocycles. The van der Waals surface area contributed by atoms with Crippen LogP contribution in [0.2, 0.25) is 0 Å². The summed E-state index contributed by atoms with van der Waals surface area (Å²) in [5, 5.41) is 3.22. The van der Waals surface area contributed by atoms with Crippen molar-refractivity contribution in [3.8, 4) is 0 Å². The van der Waals surface area contributed by atoms with Gasteiger partial charge in [0.1, 0.15) is 0 Å². The molecule has 1 N–H and O–H groups in total. The van der Waals surface area contributed by atoms with Crippen LogP contribution in [0.15, 0.2) is 48.5 Å². The van der Waals surface area contributed by atoms with Gasteiger partial charge in [0.15, 0.2) is 0 Å². The number of nitrogens with one attached hydrogen (secondary N) is 1. The van der Waals surface area contributed by atoms with Gasteiger partial charge in [-0.25, -0.2) is 0 Å². The molecular formula is C27H33N3O2. The van der Waals surface area contributed by atoms with Crippen LogP contribution >= 0.6 is 0 Å². The molecule has 0 aromatic heterocycles. The van der Waals surface area contributed by atoms with Crippen molar-refractivity contribution in [1.82, 2.24) is 15.1 Å². The van der Waals surface area contributed by atoms with Crippen LogP contribution in [0.3, 0.4) is 0 Å². The monoisotopic (exact) mass is 431 g/mol. The molecule has 5 heteroatoms. The van der Waals surface area contributed by atoms with Gasteiger partial charge in [0.25, 0.3) is 5.91 Å². The quantitative estimate of drug-likeness (QED) is 0.731. The third-order valence-corrected chi connectivity index (χ3v) is 7.37. The molecule has 2 amide bonds. The summed E-state index contributed by atoms with van der Waals surface area (Å²) in [7, 11) is 0. The first kappa shape index (κ1) is 21.2. The average Bonchev–Trinajstić information content (AvgIpc) is 3.11. The molecule has 5 rings (SSSR count). The van der Waals surface area contributed by atoms with Gasteiger partial charge in [0.2, 0.25) is 5.91 Å². The van der Waals surface area contributed by atoms with Crippen molar-refractivity contribution in [2.75, 3.05) is 32.7 Å². The van der Waals surface area contributed by atoms with Crippen LogP contribution < -0.4 is 5.32 Å². The first-order valence-electron chi connectivity index (χ1n) is 12.2. The van der Waals surface area contributed by atoms with Gasteiger partial charge in [-0.15, -0.1) is 0 Å². The summed E-state index contributed by atoms with van der Waals surface area (Å²) in [5.74, 6) is -0.290. The highest BCUT2D eigenvalue weighted by molar-refractivity contribution is 6.01. The van der Waals surface area contributed by atoms with Gasteiger partial charge < -0.3 is 15.1 Å². The summed E-state index contributed by atoms with van der Waals surface area (Å²) in [5.41, 5.74) is 3.90. The van der Waals surface area contributed by atoms with E-state index in [0.29, 0.717) is 18.7 Å². The minimum atomic E-state index is -0.372. The zero-order chi connectivity index (χ0) is 21.9. The standard InChI is InChI=1S/C27H33N3O2/c31-26(28-15-9-18-29-16-7-1-2-8-17-29)24-22-12-5-6-13-23(22)27(32)30-19-14-20-10-3-4-11-21(20)25(24)30/h3-6,10-13,24-25H,1-2,7-9,14-19H2,(H,28,31). The van der Waals surface area contributed by atoms with Gasteiger partial charge in [-0.05, 0) is 68.1 Å². The molecule has 0 saturated carbocycles. The lowest BCUT2D eigenvalue weighted by Gasteiger charge is -2.45. The Labute approximate surface area is 190 Å². The summed E-state index contributed by atoms with van der Waals surface area (Å²) in [6.45, 7) is 4.74. The maximum Gasteiger partial charge on any atom is 0.254 e. The maximum absolute atomic E-state index is 13.6. The molecule has 168 valence electrons. The molecule has 0 bridgehead atoms. The van der Waals surface area contributed by atoms with Crippen LogP contribution in [-0.2, 0) is 11.2 Å². The van der Waals surface area contributed by atoms with E-state index in [4.69, 9.17) is 0 Å². The van der Waals surface area contributed by atoms with Crippen LogP contribution in [0.4, 0.5) is 0 Å². The molecular weight excluding hydrogens is 398 g/mol. The van der Waals surface area contributed by atoms with E-state index in [1.54, 1.807) is 0 Å². The Hall–Kier alpha value is -2.66. The molecule has 3 aliphatic rings. The summed E-state index contributed by atoms with van der Waals surface area (Å²) >= 11 is 0. The van der Waals surface area contributed by atoms with Gasteiger partial charge in [0, 0.05) is 18.7 Å². The number of benzene rings is 2. The predicted octanol–water partition coefficient (Wildman–Crippen LogP) is 3.91. The van der Waals surface area contributed by atoms with E-state index >= 15 is 0 Å².